The van der Waals surface area contributed by atoms with E-state index in [-0.39, 0.29) is 6.04 Å². The van der Waals surface area contributed by atoms with E-state index in [4.69, 9.17) is 5.73 Å². The third-order valence-corrected chi connectivity index (χ3v) is 3.74. The quantitative estimate of drug-likeness (QED) is 0.733. The maximum absolute atomic E-state index is 11.5. The van der Waals surface area contributed by atoms with Crippen molar-refractivity contribution in [1.29, 1.82) is 0 Å². The number of aromatic amines is 1. The number of benzene rings is 1. The van der Waals surface area contributed by atoms with Gasteiger partial charge in [-0.2, -0.15) is 0 Å². The number of hydrogen-bond acceptors (Lipinski definition) is 2. The lowest BCUT2D eigenvalue weighted by Gasteiger charge is -2.43. The molecule has 2 aromatic rings. The molecule has 0 aliphatic heterocycles. The number of hydrogen-bond donors (Lipinski definition) is 3. The number of fused-ring (bicyclic) bond motifs is 1. The van der Waals surface area contributed by atoms with Crippen molar-refractivity contribution in [3.05, 3.63) is 36.0 Å². The van der Waals surface area contributed by atoms with Crippen molar-refractivity contribution in [3.63, 3.8) is 0 Å². The highest BCUT2D eigenvalue weighted by Gasteiger charge is 2.50. The molecule has 0 spiro atoms. The van der Waals surface area contributed by atoms with Crippen molar-refractivity contribution >= 4 is 16.9 Å². The molecule has 0 unspecified atom stereocenters. The second kappa shape index (κ2) is 3.34. The van der Waals surface area contributed by atoms with Gasteiger partial charge in [0.15, 0.2) is 0 Å². The average Bonchev–Trinajstić information content (AvgIpc) is 2.70. The number of carboxylic acids is 1. The van der Waals surface area contributed by atoms with Gasteiger partial charge in [0.1, 0.15) is 0 Å². The van der Waals surface area contributed by atoms with Crippen LogP contribution in [0.15, 0.2) is 30.5 Å². The van der Waals surface area contributed by atoms with Crippen LogP contribution in [0.25, 0.3) is 10.9 Å². The molecule has 0 bridgehead atoms. The zero-order chi connectivity index (χ0) is 12.0. The molecule has 0 atom stereocenters. The van der Waals surface area contributed by atoms with Crippen LogP contribution in [0.1, 0.15) is 18.4 Å². The summed E-state index contributed by atoms with van der Waals surface area (Å²) in [5, 5.41) is 10.5. The lowest BCUT2D eigenvalue weighted by atomic mass is 9.62. The van der Waals surface area contributed by atoms with Gasteiger partial charge in [-0.3, -0.25) is 4.79 Å². The third kappa shape index (κ3) is 1.37. The summed E-state index contributed by atoms with van der Waals surface area (Å²) in [7, 11) is 0. The number of aliphatic carboxylic acids is 1. The molecule has 0 saturated heterocycles. The summed E-state index contributed by atoms with van der Waals surface area (Å²) in [5.41, 5.74) is 6.80. The molecule has 1 aromatic heterocycles. The van der Waals surface area contributed by atoms with Gasteiger partial charge in [-0.05, 0) is 35.9 Å². The van der Waals surface area contributed by atoms with Crippen molar-refractivity contribution in [2.75, 3.05) is 0 Å². The Morgan fingerprint density at radius 1 is 1.41 bits per heavy atom. The number of aromatic nitrogens is 1. The first-order valence-corrected chi connectivity index (χ1v) is 5.68. The highest BCUT2D eigenvalue weighted by Crippen LogP contribution is 2.43. The summed E-state index contributed by atoms with van der Waals surface area (Å²) in [6, 6.07) is 7.76. The van der Waals surface area contributed by atoms with Crippen molar-refractivity contribution in [2.24, 2.45) is 5.73 Å². The van der Waals surface area contributed by atoms with Crippen molar-refractivity contribution in [3.8, 4) is 0 Å². The first-order chi connectivity index (χ1) is 8.12. The van der Waals surface area contributed by atoms with Crippen molar-refractivity contribution < 1.29 is 9.90 Å². The molecular weight excluding hydrogens is 216 g/mol. The van der Waals surface area contributed by atoms with E-state index >= 15 is 0 Å². The Labute approximate surface area is 98.4 Å². The van der Waals surface area contributed by atoms with Gasteiger partial charge in [-0.25, -0.2) is 0 Å². The maximum atomic E-state index is 11.5. The molecule has 1 aliphatic carbocycles. The monoisotopic (exact) mass is 230 g/mol. The lowest BCUT2D eigenvalue weighted by molar-refractivity contribution is -0.148. The Morgan fingerprint density at radius 3 is 2.82 bits per heavy atom. The van der Waals surface area contributed by atoms with E-state index in [0.717, 1.165) is 16.5 Å². The second-order valence-corrected chi connectivity index (χ2v) is 4.84. The molecule has 88 valence electrons. The summed E-state index contributed by atoms with van der Waals surface area (Å²) in [4.78, 5) is 14.6. The van der Waals surface area contributed by atoms with Gasteiger partial charge in [0, 0.05) is 17.8 Å². The molecule has 1 saturated carbocycles. The standard InChI is InChI=1S/C13H14N2O2/c14-10-6-13(7-10,12(16)17)9-2-1-8-3-4-15-11(8)5-9/h1-5,10,15H,6-7,14H2,(H,16,17). The average molecular weight is 230 g/mol. The molecule has 4 N–H and O–H groups in total. The fourth-order valence-electron chi connectivity index (χ4n) is 2.71. The second-order valence-electron chi connectivity index (χ2n) is 4.84. The van der Waals surface area contributed by atoms with Gasteiger partial charge in [0.05, 0.1) is 5.41 Å². The number of H-pyrrole nitrogens is 1. The van der Waals surface area contributed by atoms with Gasteiger partial charge in [-0.15, -0.1) is 0 Å². The fraction of sp³-hybridized carbons (Fsp3) is 0.308. The Balaban J connectivity index is 2.09. The summed E-state index contributed by atoms with van der Waals surface area (Å²) >= 11 is 0. The molecule has 17 heavy (non-hydrogen) atoms. The van der Waals surface area contributed by atoms with Crippen LogP contribution in [0.4, 0.5) is 0 Å². The van der Waals surface area contributed by atoms with E-state index in [1.54, 1.807) is 0 Å². The third-order valence-electron chi connectivity index (χ3n) is 3.74. The zero-order valence-corrected chi connectivity index (χ0v) is 9.31. The van der Waals surface area contributed by atoms with Crippen LogP contribution in [0.2, 0.25) is 0 Å². The minimum Gasteiger partial charge on any atom is -0.481 e. The molecule has 0 radical (unpaired) electrons. The summed E-state index contributed by atoms with van der Waals surface area (Å²) < 4.78 is 0. The predicted molar refractivity (Wildman–Crippen MR) is 64.8 cm³/mol. The van der Waals surface area contributed by atoms with E-state index in [1.165, 1.54) is 0 Å². The molecule has 1 aromatic carbocycles. The summed E-state index contributed by atoms with van der Waals surface area (Å²) in [6.45, 7) is 0. The fourth-order valence-corrected chi connectivity index (χ4v) is 2.71. The molecule has 3 rings (SSSR count). The van der Waals surface area contributed by atoms with Crippen LogP contribution in [0.3, 0.4) is 0 Å². The molecule has 1 heterocycles. The smallest absolute Gasteiger partial charge is 0.314 e. The molecule has 4 heteroatoms. The first kappa shape index (κ1) is 10.4. The van der Waals surface area contributed by atoms with Crippen molar-refractivity contribution in [1.82, 2.24) is 4.98 Å². The predicted octanol–water partition coefficient (Wildman–Crippen LogP) is 1.61. The van der Waals surface area contributed by atoms with Crippen LogP contribution < -0.4 is 5.73 Å². The van der Waals surface area contributed by atoms with E-state index in [9.17, 15) is 9.90 Å². The van der Waals surface area contributed by atoms with E-state index in [0.29, 0.717) is 12.8 Å². The van der Waals surface area contributed by atoms with Crippen LogP contribution in [-0.2, 0) is 10.2 Å². The van der Waals surface area contributed by atoms with E-state index in [2.05, 4.69) is 4.98 Å². The Bertz CT molecular complexity index is 582. The Hall–Kier alpha value is -1.81. The Kier molecular flexibility index (Phi) is 2.03. The highest BCUT2D eigenvalue weighted by atomic mass is 16.4. The summed E-state index contributed by atoms with van der Waals surface area (Å²) in [6.07, 6.45) is 2.90. The van der Waals surface area contributed by atoms with Gasteiger partial charge >= 0.3 is 5.97 Å². The topological polar surface area (TPSA) is 79.1 Å². The van der Waals surface area contributed by atoms with E-state index in [1.807, 2.05) is 30.5 Å². The van der Waals surface area contributed by atoms with Crippen LogP contribution in [-0.4, -0.2) is 22.1 Å². The molecule has 0 amide bonds. The van der Waals surface area contributed by atoms with Crippen LogP contribution >= 0.6 is 0 Å². The normalized spacial score (nSPS) is 27.9. The molecule has 1 fully saturated rings. The number of nitrogens with two attached hydrogens (primary N) is 1. The van der Waals surface area contributed by atoms with Gasteiger partial charge < -0.3 is 15.8 Å². The molecule has 1 aliphatic rings. The van der Waals surface area contributed by atoms with Crippen molar-refractivity contribution in [2.45, 2.75) is 24.3 Å². The number of nitrogens with one attached hydrogen (secondary N) is 1. The Morgan fingerprint density at radius 2 is 2.18 bits per heavy atom. The largest absolute Gasteiger partial charge is 0.481 e. The van der Waals surface area contributed by atoms with Crippen LogP contribution in [0, 0.1) is 0 Å². The minimum absolute atomic E-state index is 0.00504. The zero-order valence-electron chi connectivity index (χ0n) is 9.31. The number of rotatable bonds is 2. The SMILES string of the molecule is NC1CC(C(=O)O)(c2ccc3cc[nH]c3c2)C1. The van der Waals surface area contributed by atoms with Crippen LogP contribution in [0.5, 0.6) is 0 Å². The van der Waals surface area contributed by atoms with Gasteiger partial charge in [0.25, 0.3) is 0 Å². The molecular formula is C13H14N2O2. The van der Waals surface area contributed by atoms with E-state index < -0.39 is 11.4 Å². The van der Waals surface area contributed by atoms with Gasteiger partial charge in [0.2, 0.25) is 0 Å². The lowest BCUT2D eigenvalue weighted by Crippen LogP contribution is -2.54. The minimum atomic E-state index is -0.779. The number of carboxylic acid groups (broad SMARTS) is 1. The first-order valence-electron chi connectivity index (χ1n) is 5.68. The van der Waals surface area contributed by atoms with Gasteiger partial charge in [-0.1, -0.05) is 12.1 Å². The summed E-state index contributed by atoms with van der Waals surface area (Å²) in [5.74, 6) is -0.773. The molecule has 4 nitrogen and oxygen atoms in total. The highest BCUT2D eigenvalue weighted by molar-refractivity contribution is 5.87. The number of carbonyl (C=O) groups is 1. The maximum Gasteiger partial charge on any atom is 0.314 e.